The molecule has 15 heavy (non-hydrogen) atoms. The Hall–Kier alpha value is -0.820. The Morgan fingerprint density at radius 1 is 1.20 bits per heavy atom. The predicted molar refractivity (Wildman–Crippen MR) is 64.9 cm³/mol. The molecule has 1 aromatic rings. The minimum atomic E-state index is 0.527. The first-order valence-electron chi connectivity index (χ1n) is 5.99. The van der Waals surface area contributed by atoms with Crippen molar-refractivity contribution in [2.75, 3.05) is 7.05 Å². The molecule has 0 fully saturated rings. The molecule has 1 aliphatic carbocycles. The van der Waals surface area contributed by atoms with Crippen LogP contribution in [0.5, 0.6) is 0 Å². The summed E-state index contributed by atoms with van der Waals surface area (Å²) in [6.07, 6.45) is 2.55. The molecular weight excluding hydrogens is 182 g/mol. The number of fused-ring (bicyclic) bond motifs is 1. The number of hydrogen-bond acceptors (Lipinski definition) is 1. The molecule has 2 rings (SSSR count). The maximum Gasteiger partial charge on any atom is 0.0348 e. The minimum absolute atomic E-state index is 0.527. The van der Waals surface area contributed by atoms with Gasteiger partial charge in [-0.2, -0.15) is 0 Å². The van der Waals surface area contributed by atoms with Crippen LogP contribution in [0, 0.1) is 11.8 Å². The fourth-order valence-corrected chi connectivity index (χ4v) is 2.74. The van der Waals surface area contributed by atoms with Crippen LogP contribution in [0.3, 0.4) is 0 Å². The summed E-state index contributed by atoms with van der Waals surface area (Å²) in [5, 5.41) is 3.48. The van der Waals surface area contributed by atoms with Gasteiger partial charge in [-0.3, -0.25) is 0 Å². The summed E-state index contributed by atoms with van der Waals surface area (Å²) in [5.74, 6) is 1.52. The molecule has 0 aromatic heterocycles. The second kappa shape index (κ2) is 4.36. The van der Waals surface area contributed by atoms with Crippen LogP contribution in [0.2, 0.25) is 0 Å². The SMILES string of the molecule is CNC1c2ccccc2CCC(C)C1C. The molecule has 1 aliphatic rings. The molecule has 3 unspecified atom stereocenters. The van der Waals surface area contributed by atoms with Gasteiger partial charge in [0.1, 0.15) is 0 Å². The average Bonchev–Trinajstić information content (AvgIpc) is 2.38. The fourth-order valence-electron chi connectivity index (χ4n) is 2.74. The van der Waals surface area contributed by atoms with E-state index in [9.17, 15) is 0 Å². The van der Waals surface area contributed by atoms with E-state index in [0.29, 0.717) is 6.04 Å². The van der Waals surface area contributed by atoms with E-state index >= 15 is 0 Å². The number of hydrogen-bond donors (Lipinski definition) is 1. The third-order valence-electron chi connectivity index (χ3n) is 3.99. The van der Waals surface area contributed by atoms with Gasteiger partial charge in [-0.05, 0) is 42.9 Å². The van der Waals surface area contributed by atoms with E-state index in [0.717, 1.165) is 11.8 Å². The predicted octanol–water partition coefficient (Wildman–Crippen LogP) is 3.17. The van der Waals surface area contributed by atoms with Gasteiger partial charge in [0.2, 0.25) is 0 Å². The minimum Gasteiger partial charge on any atom is -0.313 e. The van der Waals surface area contributed by atoms with E-state index in [1.807, 2.05) is 0 Å². The van der Waals surface area contributed by atoms with Crippen LogP contribution >= 0.6 is 0 Å². The van der Waals surface area contributed by atoms with E-state index in [4.69, 9.17) is 0 Å². The molecule has 0 radical (unpaired) electrons. The van der Waals surface area contributed by atoms with Crippen molar-refractivity contribution in [3.05, 3.63) is 35.4 Å². The van der Waals surface area contributed by atoms with E-state index < -0.39 is 0 Å². The first kappa shape index (κ1) is 10.7. The molecule has 1 heteroatoms. The van der Waals surface area contributed by atoms with Gasteiger partial charge in [-0.1, -0.05) is 38.1 Å². The normalized spacial score (nSPS) is 30.7. The van der Waals surface area contributed by atoms with Crippen molar-refractivity contribution in [1.29, 1.82) is 0 Å². The van der Waals surface area contributed by atoms with Crippen molar-refractivity contribution in [2.45, 2.75) is 32.7 Å². The smallest absolute Gasteiger partial charge is 0.0348 e. The van der Waals surface area contributed by atoms with Gasteiger partial charge < -0.3 is 5.32 Å². The lowest BCUT2D eigenvalue weighted by Crippen LogP contribution is -2.26. The van der Waals surface area contributed by atoms with E-state index in [-0.39, 0.29) is 0 Å². The van der Waals surface area contributed by atoms with Crippen LogP contribution in [0.15, 0.2) is 24.3 Å². The van der Waals surface area contributed by atoms with Gasteiger partial charge in [0.15, 0.2) is 0 Å². The number of benzene rings is 1. The monoisotopic (exact) mass is 203 g/mol. The van der Waals surface area contributed by atoms with Gasteiger partial charge in [0.25, 0.3) is 0 Å². The summed E-state index contributed by atoms with van der Waals surface area (Å²) >= 11 is 0. The van der Waals surface area contributed by atoms with Crippen LogP contribution in [0.25, 0.3) is 0 Å². The maximum atomic E-state index is 3.48. The molecule has 82 valence electrons. The molecule has 1 nitrogen and oxygen atoms in total. The first-order valence-corrected chi connectivity index (χ1v) is 5.99. The lowest BCUT2D eigenvalue weighted by molar-refractivity contribution is 0.296. The highest BCUT2D eigenvalue weighted by Gasteiger charge is 2.27. The molecule has 3 atom stereocenters. The molecule has 1 aromatic carbocycles. The van der Waals surface area contributed by atoms with E-state index in [2.05, 4.69) is 50.5 Å². The number of rotatable bonds is 1. The van der Waals surface area contributed by atoms with Crippen LogP contribution in [0.1, 0.15) is 37.4 Å². The largest absolute Gasteiger partial charge is 0.313 e. The molecule has 0 bridgehead atoms. The molecule has 0 amide bonds. The Labute approximate surface area is 92.9 Å². The van der Waals surface area contributed by atoms with Gasteiger partial charge in [0.05, 0.1) is 0 Å². The summed E-state index contributed by atoms with van der Waals surface area (Å²) in [5.41, 5.74) is 3.05. The topological polar surface area (TPSA) is 12.0 Å². The third-order valence-corrected chi connectivity index (χ3v) is 3.99. The van der Waals surface area contributed by atoms with Crippen molar-refractivity contribution >= 4 is 0 Å². The molecule has 0 saturated carbocycles. The van der Waals surface area contributed by atoms with Gasteiger partial charge in [-0.15, -0.1) is 0 Å². The number of nitrogens with one attached hydrogen (secondary N) is 1. The molecule has 0 saturated heterocycles. The quantitative estimate of drug-likeness (QED) is 0.691. The summed E-state index contributed by atoms with van der Waals surface area (Å²) in [6, 6.07) is 9.41. The highest BCUT2D eigenvalue weighted by molar-refractivity contribution is 5.31. The van der Waals surface area contributed by atoms with Gasteiger partial charge in [-0.25, -0.2) is 0 Å². The number of aryl methyl sites for hydroxylation is 1. The second-order valence-corrected chi connectivity index (χ2v) is 4.84. The maximum absolute atomic E-state index is 3.48. The Morgan fingerprint density at radius 2 is 1.93 bits per heavy atom. The molecule has 1 N–H and O–H groups in total. The Balaban J connectivity index is 2.41. The second-order valence-electron chi connectivity index (χ2n) is 4.84. The van der Waals surface area contributed by atoms with Crippen molar-refractivity contribution in [1.82, 2.24) is 5.32 Å². The van der Waals surface area contributed by atoms with Crippen LogP contribution < -0.4 is 5.32 Å². The van der Waals surface area contributed by atoms with Crippen molar-refractivity contribution in [3.63, 3.8) is 0 Å². The zero-order valence-corrected chi connectivity index (χ0v) is 9.96. The molecule has 0 heterocycles. The Bertz CT molecular complexity index is 332. The average molecular weight is 203 g/mol. The van der Waals surface area contributed by atoms with Gasteiger partial charge >= 0.3 is 0 Å². The lowest BCUT2D eigenvalue weighted by Gasteiger charge is -2.26. The lowest BCUT2D eigenvalue weighted by atomic mass is 9.86. The standard InChI is InChI=1S/C14H21N/c1-10-8-9-12-6-4-5-7-13(12)14(15-3)11(10)2/h4-7,10-11,14-15H,8-9H2,1-3H3. The van der Waals surface area contributed by atoms with Crippen LogP contribution in [-0.2, 0) is 6.42 Å². The Kier molecular flexibility index (Phi) is 3.11. The zero-order chi connectivity index (χ0) is 10.8. The van der Waals surface area contributed by atoms with Crippen LogP contribution in [-0.4, -0.2) is 7.05 Å². The van der Waals surface area contributed by atoms with Crippen molar-refractivity contribution < 1.29 is 0 Å². The molecule has 0 spiro atoms. The van der Waals surface area contributed by atoms with E-state index in [1.165, 1.54) is 24.0 Å². The van der Waals surface area contributed by atoms with Gasteiger partial charge in [0, 0.05) is 6.04 Å². The summed E-state index contributed by atoms with van der Waals surface area (Å²) in [6.45, 7) is 4.74. The Morgan fingerprint density at radius 3 is 2.67 bits per heavy atom. The van der Waals surface area contributed by atoms with E-state index in [1.54, 1.807) is 0 Å². The van der Waals surface area contributed by atoms with Crippen molar-refractivity contribution in [2.24, 2.45) is 11.8 Å². The zero-order valence-electron chi connectivity index (χ0n) is 9.96. The summed E-state index contributed by atoms with van der Waals surface area (Å²) < 4.78 is 0. The molecular formula is C14H21N. The first-order chi connectivity index (χ1) is 7.24. The fraction of sp³-hybridized carbons (Fsp3) is 0.571. The summed E-state index contributed by atoms with van der Waals surface area (Å²) in [4.78, 5) is 0. The highest BCUT2D eigenvalue weighted by atomic mass is 14.9. The highest BCUT2D eigenvalue weighted by Crippen LogP contribution is 2.35. The molecule has 0 aliphatic heterocycles. The van der Waals surface area contributed by atoms with Crippen molar-refractivity contribution in [3.8, 4) is 0 Å². The van der Waals surface area contributed by atoms with Crippen LogP contribution in [0.4, 0.5) is 0 Å². The summed E-state index contributed by atoms with van der Waals surface area (Å²) in [7, 11) is 2.08. The third kappa shape index (κ3) is 1.93.